The summed E-state index contributed by atoms with van der Waals surface area (Å²) in [7, 11) is -3.62. The second kappa shape index (κ2) is 9.41. The van der Waals surface area contributed by atoms with Crippen LogP contribution in [0.15, 0.2) is 0 Å². The van der Waals surface area contributed by atoms with E-state index in [1.165, 1.54) is 0 Å². The highest BCUT2D eigenvalue weighted by atomic mass is 28.5. The quantitative estimate of drug-likeness (QED) is 0.406. The fourth-order valence-electron chi connectivity index (χ4n) is 2.80. The lowest BCUT2D eigenvalue weighted by atomic mass is 10.3. The van der Waals surface area contributed by atoms with Gasteiger partial charge < -0.3 is 22.6 Å². The molecule has 1 atom stereocenters. The third-order valence-corrected chi connectivity index (χ3v) is 13.0. The van der Waals surface area contributed by atoms with Gasteiger partial charge in [-0.15, -0.1) is 0 Å². The molecule has 0 heterocycles. The Kier molecular flexibility index (Phi) is 9.58. The van der Waals surface area contributed by atoms with E-state index in [1.807, 2.05) is 0 Å². The topological polar surface area (TPSA) is 47.9 Å². The Bertz CT molecular complexity index is 349. The van der Waals surface area contributed by atoms with Gasteiger partial charge in [0.25, 0.3) is 0 Å². The van der Waals surface area contributed by atoms with Crippen molar-refractivity contribution in [1.29, 1.82) is 0 Å². The maximum atomic E-state index is 10.3. The van der Waals surface area contributed by atoms with Crippen molar-refractivity contribution >= 4 is 25.2 Å². The molecule has 0 spiro atoms. The zero-order chi connectivity index (χ0) is 19.2. The van der Waals surface area contributed by atoms with Gasteiger partial charge in [0.05, 0.1) is 33.0 Å². The fraction of sp³-hybridized carbons (Fsp3) is 1.00. The molecule has 146 valence electrons. The predicted octanol–water partition coefficient (Wildman–Crippen LogP) is 3.16. The minimum atomic E-state index is -2.38. The van der Waals surface area contributed by atoms with E-state index in [-0.39, 0.29) is 0 Å². The minimum Gasteiger partial charge on any atom is -0.435 e. The summed E-state index contributed by atoms with van der Waals surface area (Å²) in [5.41, 5.74) is 0. The monoisotopic (exact) mass is 396 g/mol. The summed E-state index contributed by atoms with van der Waals surface area (Å²) in [6.45, 7) is 22.6. The molecule has 5 nitrogen and oxygen atoms in total. The number of nitrogens with zero attached hydrogens (tertiary/aromatic N) is 1. The van der Waals surface area contributed by atoms with Crippen LogP contribution in [0.5, 0.6) is 0 Å². The molecule has 0 fully saturated rings. The third-order valence-electron chi connectivity index (χ3n) is 3.90. The summed E-state index contributed by atoms with van der Waals surface area (Å²) in [4.78, 5) is 0. The van der Waals surface area contributed by atoms with E-state index in [0.29, 0.717) is 12.8 Å². The number of rotatable bonds is 12. The molecule has 1 N–H and O–H groups in total. The van der Waals surface area contributed by atoms with Gasteiger partial charge in [0.15, 0.2) is 16.6 Å². The smallest absolute Gasteiger partial charge is 0.341 e. The van der Waals surface area contributed by atoms with Crippen molar-refractivity contribution in [1.82, 2.24) is 0 Å². The highest BCUT2D eigenvalue weighted by Crippen LogP contribution is 2.21. The van der Waals surface area contributed by atoms with Crippen LogP contribution >= 0.6 is 0 Å². The highest BCUT2D eigenvalue weighted by Gasteiger charge is 2.41. The Morgan fingerprint density at radius 2 is 1.29 bits per heavy atom. The first-order valence-electron chi connectivity index (χ1n) is 9.13. The van der Waals surface area contributed by atoms with Crippen LogP contribution in [0.1, 0.15) is 13.8 Å². The van der Waals surface area contributed by atoms with Crippen LogP contribution in [0.25, 0.3) is 0 Å². The lowest BCUT2D eigenvalue weighted by Crippen LogP contribution is -2.56. The van der Waals surface area contributed by atoms with E-state index in [9.17, 15) is 5.11 Å². The predicted molar refractivity (Wildman–Crippen MR) is 109 cm³/mol. The third kappa shape index (κ3) is 11.1. The Morgan fingerprint density at radius 1 is 0.875 bits per heavy atom. The van der Waals surface area contributed by atoms with Crippen LogP contribution in [0.2, 0.25) is 45.8 Å². The average molecular weight is 397 g/mol. The average Bonchev–Trinajstić information content (AvgIpc) is 2.33. The first-order valence-corrected chi connectivity index (χ1v) is 18.5. The number of aliphatic hydroxyl groups excluding tert-OH is 1. The van der Waals surface area contributed by atoms with Crippen LogP contribution in [0, 0.1) is 0 Å². The number of likely N-dealkylation sites (N-methyl/N-ethyl adjacent to an activating group) is 1. The molecule has 0 aliphatic heterocycles. The molecule has 0 rings (SSSR count). The Balaban J connectivity index is 4.67. The molecule has 8 heteroatoms. The van der Waals surface area contributed by atoms with Crippen LogP contribution in [0.3, 0.4) is 0 Å². The minimum absolute atomic E-state index is 0.348. The van der Waals surface area contributed by atoms with Gasteiger partial charge in [-0.25, -0.2) is 0 Å². The Morgan fingerprint density at radius 3 is 1.62 bits per heavy atom. The van der Waals surface area contributed by atoms with E-state index >= 15 is 0 Å². The molecule has 0 aliphatic rings. The SMILES string of the molecule is CC[N+](C)(CC)CC(O)COC[Si](C)(O[Si](C)(C)C)O[Si](C)(C)C. The molecule has 0 aliphatic carbocycles. The lowest BCUT2D eigenvalue weighted by Gasteiger charge is -2.38. The second-order valence-corrected chi connectivity index (χ2v) is 21.8. The van der Waals surface area contributed by atoms with Crippen molar-refractivity contribution in [2.45, 2.75) is 65.8 Å². The maximum absolute atomic E-state index is 10.3. The molecule has 0 saturated heterocycles. The Labute approximate surface area is 153 Å². The van der Waals surface area contributed by atoms with E-state index < -0.39 is 31.3 Å². The summed E-state index contributed by atoms with van der Waals surface area (Å²) in [6, 6.07) is 0. The van der Waals surface area contributed by atoms with Crippen molar-refractivity contribution in [3.8, 4) is 0 Å². The van der Waals surface area contributed by atoms with Crippen LogP contribution in [-0.4, -0.2) is 80.4 Å². The number of hydrogen-bond donors (Lipinski definition) is 1. The molecule has 0 saturated carbocycles. The van der Waals surface area contributed by atoms with Gasteiger partial charge in [-0.3, -0.25) is 0 Å². The summed E-state index contributed by atoms with van der Waals surface area (Å²) >= 11 is 0. The van der Waals surface area contributed by atoms with Gasteiger partial charge in [-0.05, 0) is 59.7 Å². The first-order chi connectivity index (χ1) is 10.6. The van der Waals surface area contributed by atoms with Gasteiger partial charge in [-0.2, -0.15) is 0 Å². The van der Waals surface area contributed by atoms with E-state index in [1.54, 1.807) is 0 Å². The second-order valence-electron chi connectivity index (χ2n) is 9.17. The number of hydrogen-bond acceptors (Lipinski definition) is 4. The summed E-state index contributed by atoms with van der Waals surface area (Å²) in [5, 5.41) is 10.3. The molecule has 0 aromatic carbocycles. The van der Waals surface area contributed by atoms with Crippen molar-refractivity contribution < 1.29 is 22.6 Å². The summed E-state index contributed by atoms with van der Waals surface area (Å²) in [6.07, 6.45) is 0.0347. The molecule has 0 amide bonds. The molecule has 0 radical (unpaired) electrons. The molecule has 0 aromatic rings. The standard InChI is InChI=1S/C16H42NO4Si3/c1-11-17(3,12-2)13-16(18)14-19-15-24(10,20-22(4,5)6)21-23(7,8)9/h16,18H,11-15H2,1-10H3/q+1. The zero-order valence-corrected chi connectivity index (χ0v) is 20.7. The van der Waals surface area contributed by atoms with Gasteiger partial charge in [0.1, 0.15) is 12.6 Å². The molecular weight excluding hydrogens is 354 g/mol. The number of ether oxygens (including phenoxy) is 1. The van der Waals surface area contributed by atoms with Crippen molar-refractivity contribution in [2.24, 2.45) is 0 Å². The van der Waals surface area contributed by atoms with Gasteiger partial charge in [0, 0.05) is 0 Å². The van der Waals surface area contributed by atoms with Crippen molar-refractivity contribution in [2.75, 3.05) is 39.5 Å². The molecule has 0 aromatic heterocycles. The summed E-state index contributed by atoms with van der Waals surface area (Å²) < 4.78 is 19.6. The fourth-order valence-corrected chi connectivity index (χ4v) is 14.7. The van der Waals surface area contributed by atoms with Gasteiger partial charge >= 0.3 is 8.56 Å². The van der Waals surface area contributed by atoms with E-state index in [0.717, 1.165) is 24.1 Å². The Hall–Kier alpha value is 0.451. The normalized spacial score (nSPS) is 15.6. The molecular formula is C16H42NO4Si3+. The van der Waals surface area contributed by atoms with Crippen molar-refractivity contribution in [3.63, 3.8) is 0 Å². The largest absolute Gasteiger partial charge is 0.435 e. The first kappa shape index (κ1) is 24.5. The summed E-state index contributed by atoms with van der Waals surface area (Å²) in [5.74, 6) is 0. The van der Waals surface area contributed by atoms with Crippen molar-refractivity contribution in [3.05, 3.63) is 0 Å². The van der Waals surface area contributed by atoms with E-state index in [2.05, 4.69) is 66.7 Å². The maximum Gasteiger partial charge on any atom is 0.341 e. The molecule has 0 bridgehead atoms. The molecule has 1 unspecified atom stereocenters. The van der Waals surface area contributed by atoms with Crippen LogP contribution in [0.4, 0.5) is 0 Å². The highest BCUT2D eigenvalue weighted by molar-refractivity contribution is 6.87. The van der Waals surface area contributed by atoms with Crippen LogP contribution < -0.4 is 0 Å². The van der Waals surface area contributed by atoms with Crippen LogP contribution in [-0.2, 0) is 13.0 Å². The van der Waals surface area contributed by atoms with E-state index in [4.69, 9.17) is 13.0 Å². The number of quaternary nitrogens is 1. The number of aliphatic hydroxyl groups is 1. The zero-order valence-electron chi connectivity index (χ0n) is 17.7. The molecule has 24 heavy (non-hydrogen) atoms. The van der Waals surface area contributed by atoms with Gasteiger partial charge in [0.2, 0.25) is 0 Å². The van der Waals surface area contributed by atoms with Gasteiger partial charge in [-0.1, -0.05) is 0 Å². The lowest BCUT2D eigenvalue weighted by molar-refractivity contribution is -0.909.